The Hall–Kier alpha value is -1.94. The summed E-state index contributed by atoms with van der Waals surface area (Å²) >= 11 is 0. The molecule has 0 aromatic heterocycles. The number of hydrogen-bond donors (Lipinski definition) is 3. The molecular formula is C60H116O17P2. The van der Waals surface area contributed by atoms with Gasteiger partial charge in [-0.1, -0.05) is 241 Å². The second-order valence-corrected chi connectivity index (χ2v) is 25.6. The fourth-order valence-electron chi connectivity index (χ4n) is 8.82. The molecule has 3 N–H and O–H groups in total. The lowest BCUT2D eigenvalue weighted by Gasteiger charge is -2.21. The molecule has 0 spiro atoms. The van der Waals surface area contributed by atoms with Gasteiger partial charge in [-0.15, -0.1) is 0 Å². The van der Waals surface area contributed by atoms with Crippen LogP contribution in [0.4, 0.5) is 0 Å². The van der Waals surface area contributed by atoms with Crippen molar-refractivity contribution >= 4 is 39.5 Å². The zero-order valence-corrected chi connectivity index (χ0v) is 52.4. The Morgan fingerprint density at radius 1 is 0.342 bits per heavy atom. The highest BCUT2D eigenvalue weighted by atomic mass is 31.2. The lowest BCUT2D eigenvalue weighted by molar-refractivity contribution is -0.161. The van der Waals surface area contributed by atoms with Gasteiger partial charge in [0.05, 0.1) is 26.4 Å². The lowest BCUT2D eigenvalue weighted by atomic mass is 10.0. The molecule has 0 rings (SSSR count). The second-order valence-electron chi connectivity index (χ2n) is 22.7. The van der Waals surface area contributed by atoms with Crippen molar-refractivity contribution in [1.82, 2.24) is 0 Å². The Morgan fingerprint density at radius 3 is 0.861 bits per heavy atom. The van der Waals surface area contributed by atoms with E-state index < -0.39 is 97.5 Å². The molecule has 5 atom stereocenters. The SMILES string of the molecule is CCCCCCCCCC(=O)O[C@H](COC(=O)CCCCCCC)COP(=O)(O)OC[C@H](O)COP(=O)(O)OC[C@@H](COC(=O)CCCCCCCCCCCC(C)C)OC(=O)CCCCCCCCCCCCCCC(C)C. The quantitative estimate of drug-likeness (QED) is 0.0222. The van der Waals surface area contributed by atoms with Crippen LogP contribution in [0.1, 0.15) is 292 Å². The normalized spacial score (nSPS) is 14.4. The van der Waals surface area contributed by atoms with Gasteiger partial charge in [-0.25, -0.2) is 9.13 Å². The minimum Gasteiger partial charge on any atom is -0.462 e. The fourth-order valence-corrected chi connectivity index (χ4v) is 10.4. The van der Waals surface area contributed by atoms with E-state index in [4.69, 9.17) is 37.0 Å². The minimum absolute atomic E-state index is 0.102. The van der Waals surface area contributed by atoms with Gasteiger partial charge in [0.1, 0.15) is 19.3 Å². The van der Waals surface area contributed by atoms with Crippen molar-refractivity contribution in [3.63, 3.8) is 0 Å². The average Bonchev–Trinajstić information content (AvgIpc) is 3.40. The summed E-state index contributed by atoms with van der Waals surface area (Å²) in [6.45, 7) is 9.32. The number of aliphatic hydroxyl groups is 1. The number of carbonyl (C=O) groups excluding carboxylic acids is 4. The highest BCUT2D eigenvalue weighted by Gasteiger charge is 2.30. The molecular weight excluding hydrogens is 1050 g/mol. The predicted molar refractivity (Wildman–Crippen MR) is 312 cm³/mol. The van der Waals surface area contributed by atoms with E-state index in [0.29, 0.717) is 25.7 Å². The molecule has 0 saturated carbocycles. The van der Waals surface area contributed by atoms with Crippen LogP contribution in [0, 0.1) is 11.8 Å². The number of carbonyl (C=O) groups is 4. The molecule has 0 bridgehead atoms. The number of aliphatic hydroxyl groups excluding tert-OH is 1. The van der Waals surface area contributed by atoms with Crippen molar-refractivity contribution in [1.29, 1.82) is 0 Å². The molecule has 0 aliphatic carbocycles. The number of hydrogen-bond acceptors (Lipinski definition) is 15. The van der Waals surface area contributed by atoms with E-state index >= 15 is 0 Å². The van der Waals surface area contributed by atoms with Gasteiger partial charge in [0.15, 0.2) is 12.2 Å². The van der Waals surface area contributed by atoms with E-state index in [-0.39, 0.29) is 25.7 Å². The van der Waals surface area contributed by atoms with Crippen molar-refractivity contribution in [3.8, 4) is 0 Å². The van der Waals surface area contributed by atoms with Crippen molar-refractivity contribution in [2.75, 3.05) is 39.6 Å². The molecule has 0 saturated heterocycles. The molecule has 19 heteroatoms. The van der Waals surface area contributed by atoms with Crippen LogP contribution in [-0.4, -0.2) is 96.7 Å². The fraction of sp³-hybridized carbons (Fsp3) is 0.933. The van der Waals surface area contributed by atoms with Gasteiger partial charge in [0, 0.05) is 25.7 Å². The third-order valence-corrected chi connectivity index (χ3v) is 15.6. The highest BCUT2D eigenvalue weighted by molar-refractivity contribution is 7.47. The van der Waals surface area contributed by atoms with E-state index in [1.54, 1.807) is 0 Å². The number of esters is 4. The summed E-state index contributed by atoms with van der Waals surface area (Å²) in [7, 11) is -9.87. The molecule has 0 amide bonds. The van der Waals surface area contributed by atoms with Crippen LogP contribution < -0.4 is 0 Å². The summed E-state index contributed by atoms with van der Waals surface area (Å²) in [4.78, 5) is 71.7. The summed E-state index contributed by atoms with van der Waals surface area (Å²) in [5, 5.41) is 10.5. The number of ether oxygens (including phenoxy) is 4. The third kappa shape index (κ3) is 55.0. The first-order valence-corrected chi connectivity index (χ1v) is 34.5. The Morgan fingerprint density at radius 2 is 0.582 bits per heavy atom. The summed E-state index contributed by atoms with van der Waals surface area (Å²) in [6, 6.07) is 0. The monoisotopic (exact) mass is 1170 g/mol. The topological polar surface area (TPSA) is 237 Å². The maximum absolute atomic E-state index is 12.9. The zero-order valence-electron chi connectivity index (χ0n) is 50.7. The predicted octanol–water partition coefficient (Wildman–Crippen LogP) is 16.1. The summed E-state index contributed by atoms with van der Waals surface area (Å²) < 4.78 is 67.5. The van der Waals surface area contributed by atoms with Crippen LogP contribution in [0.25, 0.3) is 0 Å². The third-order valence-electron chi connectivity index (χ3n) is 13.7. The van der Waals surface area contributed by atoms with Crippen LogP contribution in [0.15, 0.2) is 0 Å². The molecule has 17 nitrogen and oxygen atoms in total. The summed E-state index contributed by atoms with van der Waals surface area (Å²) in [6.07, 6.45) is 33.9. The van der Waals surface area contributed by atoms with E-state index in [1.165, 1.54) is 89.9 Å². The average molecular weight is 1170 g/mol. The zero-order chi connectivity index (χ0) is 58.7. The van der Waals surface area contributed by atoms with E-state index in [2.05, 4.69) is 41.5 Å². The standard InChI is InChI=1S/C60H116O17P2/c1-7-9-11-13-23-32-38-44-59(64)76-55(48-70-57(62)42-36-28-12-10-8-2)50-74-78(66,67)72-46-54(61)47-73-79(68,69)75-51-56(49-71-58(63)43-37-31-26-22-18-20-25-30-35-41-53(5)6)77-60(65)45-39-33-27-21-17-15-14-16-19-24-29-34-40-52(3)4/h52-56,61H,7-51H2,1-6H3,(H,66,67)(H,68,69)/t54-,55+,56+/m0/s1. The van der Waals surface area contributed by atoms with Crippen LogP contribution in [-0.2, 0) is 65.4 Å². The molecule has 0 aromatic rings. The van der Waals surface area contributed by atoms with Gasteiger partial charge in [0.2, 0.25) is 0 Å². The van der Waals surface area contributed by atoms with Gasteiger partial charge in [0.25, 0.3) is 0 Å². The largest absolute Gasteiger partial charge is 0.472 e. The molecule has 0 aromatic carbocycles. The van der Waals surface area contributed by atoms with Crippen LogP contribution in [0.3, 0.4) is 0 Å². The van der Waals surface area contributed by atoms with Crippen molar-refractivity contribution < 1.29 is 80.2 Å². The highest BCUT2D eigenvalue weighted by Crippen LogP contribution is 2.45. The van der Waals surface area contributed by atoms with E-state index in [1.807, 2.05) is 0 Å². The number of phosphoric acid groups is 2. The van der Waals surface area contributed by atoms with Crippen LogP contribution in [0.5, 0.6) is 0 Å². The smallest absolute Gasteiger partial charge is 0.462 e. The number of phosphoric ester groups is 2. The van der Waals surface area contributed by atoms with Gasteiger partial charge in [-0.2, -0.15) is 0 Å². The Balaban J connectivity index is 5.16. The van der Waals surface area contributed by atoms with E-state index in [0.717, 1.165) is 121 Å². The number of unbranched alkanes of at least 4 members (excludes halogenated alkanes) is 29. The molecule has 0 aliphatic rings. The number of rotatable bonds is 59. The maximum Gasteiger partial charge on any atom is 0.472 e. The first-order valence-electron chi connectivity index (χ1n) is 31.5. The first kappa shape index (κ1) is 77.1. The Kier molecular flexibility index (Phi) is 51.5. The van der Waals surface area contributed by atoms with E-state index in [9.17, 15) is 43.2 Å². The summed E-state index contributed by atoms with van der Waals surface area (Å²) in [5.74, 6) is -0.634. The molecule has 0 fully saturated rings. The van der Waals surface area contributed by atoms with Crippen molar-refractivity contribution in [3.05, 3.63) is 0 Å². The maximum atomic E-state index is 12.9. The van der Waals surface area contributed by atoms with Gasteiger partial charge in [-0.3, -0.25) is 37.3 Å². The minimum atomic E-state index is -4.94. The van der Waals surface area contributed by atoms with Gasteiger partial charge in [-0.05, 0) is 37.5 Å². The summed E-state index contributed by atoms with van der Waals surface area (Å²) in [5.41, 5.74) is 0. The first-order chi connectivity index (χ1) is 37.9. The molecule has 79 heavy (non-hydrogen) atoms. The molecule has 2 unspecified atom stereocenters. The van der Waals surface area contributed by atoms with Crippen molar-refractivity contribution in [2.45, 2.75) is 310 Å². The van der Waals surface area contributed by atoms with Crippen molar-refractivity contribution in [2.24, 2.45) is 11.8 Å². The Bertz CT molecular complexity index is 1560. The Labute approximate surface area is 479 Å². The lowest BCUT2D eigenvalue weighted by Crippen LogP contribution is -2.30. The molecule has 0 radical (unpaired) electrons. The molecule has 468 valence electrons. The molecule has 0 heterocycles. The molecule has 0 aliphatic heterocycles. The van der Waals surface area contributed by atoms with Gasteiger partial charge < -0.3 is 33.8 Å². The van der Waals surface area contributed by atoms with Crippen LogP contribution >= 0.6 is 15.6 Å². The van der Waals surface area contributed by atoms with Crippen LogP contribution in [0.2, 0.25) is 0 Å². The second kappa shape index (κ2) is 52.8. The van der Waals surface area contributed by atoms with Gasteiger partial charge >= 0.3 is 39.5 Å².